The molecule has 1 saturated heterocycles. The maximum atomic E-state index is 14.9. The molecule has 2 aromatic carbocycles. The molecule has 1 aromatic heterocycles. The van der Waals surface area contributed by atoms with Gasteiger partial charge < -0.3 is 29.7 Å². The van der Waals surface area contributed by atoms with Crippen molar-refractivity contribution in [2.45, 2.75) is 33.1 Å². The fraction of sp³-hybridized carbons (Fsp3) is 0.433. The zero-order valence-electron chi connectivity index (χ0n) is 23.5. The van der Waals surface area contributed by atoms with Crippen molar-refractivity contribution >= 4 is 28.4 Å². The monoisotopic (exact) mass is 552 g/mol. The number of nitrogens with one attached hydrogen (secondary N) is 2. The molecule has 0 spiro atoms. The maximum Gasteiger partial charge on any atom is 0.313 e. The van der Waals surface area contributed by atoms with E-state index in [0.29, 0.717) is 53.1 Å². The summed E-state index contributed by atoms with van der Waals surface area (Å²) in [6.07, 6.45) is 4.48. The Morgan fingerprint density at radius 1 is 1.07 bits per heavy atom. The van der Waals surface area contributed by atoms with Crippen LogP contribution in [-0.2, 0) is 9.59 Å². The van der Waals surface area contributed by atoms with Gasteiger partial charge in [0.25, 0.3) is 0 Å². The van der Waals surface area contributed by atoms with E-state index in [-0.39, 0.29) is 11.4 Å². The molecule has 40 heavy (non-hydrogen) atoms. The second-order valence-electron chi connectivity index (χ2n) is 10.5. The fourth-order valence-electron chi connectivity index (χ4n) is 4.51. The van der Waals surface area contributed by atoms with E-state index in [2.05, 4.69) is 27.6 Å². The third kappa shape index (κ3) is 7.38. The summed E-state index contributed by atoms with van der Waals surface area (Å²) in [7, 11) is 3.69. The van der Waals surface area contributed by atoms with Crippen LogP contribution in [0.5, 0.6) is 23.0 Å². The van der Waals surface area contributed by atoms with Gasteiger partial charge in [0.15, 0.2) is 23.1 Å². The molecule has 0 bridgehead atoms. The standard InChI is InChI=1S/C30H37FN4O5/c1-19(2)9-13-33-29(36)30(37)34-21-5-7-25(23(31)17-21)40-24-10-14-32-27-22(24)6-8-26(28(27)38-4)39-18-20-11-15-35(3)16-12-20/h5-8,10,14,17,19-20H,9,11-13,15-16,18H2,1-4H3,(H,33,36)(H,34,37). The van der Waals surface area contributed by atoms with Crippen molar-refractivity contribution in [3.63, 3.8) is 0 Å². The molecule has 0 radical (unpaired) electrons. The smallest absolute Gasteiger partial charge is 0.313 e. The summed E-state index contributed by atoms with van der Waals surface area (Å²) in [6, 6.07) is 9.23. The van der Waals surface area contributed by atoms with Crippen LogP contribution in [0.15, 0.2) is 42.6 Å². The van der Waals surface area contributed by atoms with Crippen LogP contribution in [0.3, 0.4) is 0 Å². The molecule has 2 N–H and O–H groups in total. The van der Waals surface area contributed by atoms with Gasteiger partial charge in [-0.2, -0.15) is 0 Å². The number of halogens is 1. The zero-order valence-corrected chi connectivity index (χ0v) is 23.5. The molecule has 214 valence electrons. The highest BCUT2D eigenvalue weighted by Crippen LogP contribution is 2.40. The Balaban J connectivity index is 1.44. The number of methoxy groups -OCH3 is 1. The van der Waals surface area contributed by atoms with Crippen molar-refractivity contribution in [3.05, 3.63) is 48.4 Å². The summed E-state index contributed by atoms with van der Waals surface area (Å²) < 4.78 is 32.6. The molecular weight excluding hydrogens is 515 g/mol. The SMILES string of the molecule is COc1c(OCC2CCN(C)CC2)ccc2c(Oc3ccc(NC(=O)C(=O)NCCC(C)C)cc3F)ccnc12. The lowest BCUT2D eigenvalue weighted by atomic mass is 9.98. The normalized spacial score (nSPS) is 14.2. The van der Waals surface area contributed by atoms with Crippen LogP contribution in [0.1, 0.15) is 33.1 Å². The van der Waals surface area contributed by atoms with Gasteiger partial charge in [0.05, 0.1) is 13.7 Å². The average molecular weight is 553 g/mol. The number of nitrogens with zero attached hydrogens (tertiary/aromatic N) is 2. The Labute approximate surface area is 234 Å². The van der Waals surface area contributed by atoms with Crippen molar-refractivity contribution in [2.75, 3.05) is 45.7 Å². The molecule has 9 nitrogen and oxygen atoms in total. The van der Waals surface area contributed by atoms with Crippen LogP contribution in [0.4, 0.5) is 10.1 Å². The Morgan fingerprint density at radius 2 is 1.82 bits per heavy atom. The van der Waals surface area contributed by atoms with E-state index in [0.717, 1.165) is 38.4 Å². The first-order chi connectivity index (χ1) is 19.2. The highest BCUT2D eigenvalue weighted by atomic mass is 19.1. The topological polar surface area (TPSA) is 102 Å². The van der Waals surface area contributed by atoms with Crippen LogP contribution in [0, 0.1) is 17.7 Å². The van der Waals surface area contributed by atoms with Crippen LogP contribution in [0.25, 0.3) is 10.9 Å². The molecule has 3 aromatic rings. The lowest BCUT2D eigenvalue weighted by Crippen LogP contribution is -2.36. The Kier molecular flexibility index (Phi) is 9.76. The number of piperidine rings is 1. The second-order valence-corrected chi connectivity index (χ2v) is 10.5. The van der Waals surface area contributed by atoms with E-state index in [1.807, 2.05) is 26.0 Å². The Bertz CT molecular complexity index is 1340. The number of ether oxygens (including phenoxy) is 3. The van der Waals surface area contributed by atoms with Gasteiger partial charge in [-0.05, 0) is 81.6 Å². The largest absolute Gasteiger partial charge is 0.491 e. The number of carbonyl (C=O) groups is 2. The van der Waals surface area contributed by atoms with Gasteiger partial charge in [0.2, 0.25) is 0 Å². The van der Waals surface area contributed by atoms with Crippen molar-refractivity contribution in [3.8, 4) is 23.0 Å². The summed E-state index contributed by atoms with van der Waals surface area (Å²) in [5.41, 5.74) is 0.676. The molecule has 0 atom stereocenters. The molecule has 1 fully saturated rings. The van der Waals surface area contributed by atoms with Gasteiger partial charge in [-0.15, -0.1) is 0 Å². The second kappa shape index (κ2) is 13.4. The lowest BCUT2D eigenvalue weighted by Gasteiger charge is -2.28. The van der Waals surface area contributed by atoms with Crippen LogP contribution >= 0.6 is 0 Å². The minimum atomic E-state index is -0.863. The molecule has 1 aliphatic rings. The van der Waals surface area contributed by atoms with Crippen molar-refractivity contribution in [1.82, 2.24) is 15.2 Å². The van der Waals surface area contributed by atoms with E-state index in [4.69, 9.17) is 14.2 Å². The quantitative estimate of drug-likeness (QED) is 0.342. The summed E-state index contributed by atoms with van der Waals surface area (Å²) in [5.74, 6) is -0.0422. The molecule has 0 saturated carbocycles. The predicted octanol–water partition coefficient (Wildman–Crippen LogP) is 5.00. The maximum absolute atomic E-state index is 14.9. The third-order valence-electron chi connectivity index (χ3n) is 6.93. The van der Waals surface area contributed by atoms with Gasteiger partial charge in [-0.25, -0.2) is 4.39 Å². The number of anilines is 1. The van der Waals surface area contributed by atoms with Crippen molar-refractivity contribution in [1.29, 1.82) is 0 Å². The molecular formula is C30H37FN4O5. The number of amides is 2. The van der Waals surface area contributed by atoms with Gasteiger partial charge in [-0.1, -0.05) is 13.8 Å². The molecule has 0 unspecified atom stereocenters. The number of carbonyl (C=O) groups excluding carboxylic acids is 2. The first-order valence-electron chi connectivity index (χ1n) is 13.6. The molecule has 4 rings (SSSR count). The van der Waals surface area contributed by atoms with E-state index < -0.39 is 17.6 Å². The van der Waals surface area contributed by atoms with E-state index in [9.17, 15) is 14.0 Å². The highest BCUT2D eigenvalue weighted by molar-refractivity contribution is 6.39. The van der Waals surface area contributed by atoms with E-state index in [1.54, 1.807) is 19.4 Å². The predicted molar refractivity (Wildman–Crippen MR) is 152 cm³/mol. The molecule has 2 amide bonds. The van der Waals surface area contributed by atoms with Crippen molar-refractivity contribution < 1.29 is 28.2 Å². The number of fused-ring (bicyclic) bond motifs is 1. The summed E-state index contributed by atoms with van der Waals surface area (Å²) in [6.45, 7) is 7.15. The van der Waals surface area contributed by atoms with Gasteiger partial charge in [0, 0.05) is 29.9 Å². The van der Waals surface area contributed by atoms with Gasteiger partial charge >= 0.3 is 11.8 Å². The number of rotatable bonds is 10. The fourth-order valence-corrected chi connectivity index (χ4v) is 4.51. The number of hydrogen-bond acceptors (Lipinski definition) is 7. The molecule has 10 heteroatoms. The number of pyridine rings is 1. The summed E-state index contributed by atoms with van der Waals surface area (Å²) in [4.78, 5) is 30.9. The van der Waals surface area contributed by atoms with Gasteiger partial charge in [0.1, 0.15) is 11.3 Å². The minimum absolute atomic E-state index is 0.0477. The van der Waals surface area contributed by atoms with Crippen LogP contribution < -0.4 is 24.8 Å². The number of likely N-dealkylation sites (tertiary alicyclic amines) is 1. The molecule has 2 heterocycles. The lowest BCUT2D eigenvalue weighted by molar-refractivity contribution is -0.136. The van der Waals surface area contributed by atoms with E-state index in [1.165, 1.54) is 12.1 Å². The first kappa shape index (κ1) is 29.1. The number of aromatic nitrogens is 1. The molecule has 1 aliphatic heterocycles. The first-order valence-corrected chi connectivity index (χ1v) is 13.6. The Hall–Kier alpha value is -3.92. The average Bonchev–Trinajstić information content (AvgIpc) is 2.93. The zero-order chi connectivity index (χ0) is 28.6. The molecule has 0 aliphatic carbocycles. The van der Waals surface area contributed by atoms with E-state index >= 15 is 0 Å². The number of benzene rings is 2. The Morgan fingerprint density at radius 3 is 2.52 bits per heavy atom. The van der Waals surface area contributed by atoms with Crippen LogP contribution in [0.2, 0.25) is 0 Å². The van der Waals surface area contributed by atoms with Crippen LogP contribution in [-0.4, -0.2) is 62.1 Å². The number of hydrogen-bond donors (Lipinski definition) is 2. The highest BCUT2D eigenvalue weighted by Gasteiger charge is 2.20. The summed E-state index contributed by atoms with van der Waals surface area (Å²) in [5, 5.41) is 5.59. The van der Waals surface area contributed by atoms with Gasteiger partial charge in [-0.3, -0.25) is 14.6 Å². The summed E-state index contributed by atoms with van der Waals surface area (Å²) >= 11 is 0. The minimum Gasteiger partial charge on any atom is -0.491 e. The third-order valence-corrected chi connectivity index (χ3v) is 6.93. The van der Waals surface area contributed by atoms with Crippen molar-refractivity contribution in [2.24, 2.45) is 11.8 Å².